The summed E-state index contributed by atoms with van der Waals surface area (Å²) in [6.45, 7) is 1.82. The van der Waals surface area contributed by atoms with Gasteiger partial charge in [0.1, 0.15) is 0 Å². The van der Waals surface area contributed by atoms with Crippen LogP contribution in [0.5, 0.6) is 0 Å². The molecular weight excluding hydrogens is 346 g/mol. The number of halogens is 2. The van der Waals surface area contributed by atoms with E-state index in [1.54, 1.807) is 12.1 Å². The molecule has 4 rings (SSSR count). The lowest BCUT2D eigenvalue weighted by molar-refractivity contribution is 0.504. The zero-order valence-electron chi connectivity index (χ0n) is 13.4. The smallest absolute Gasteiger partial charge is 0.206 e. The number of benzene rings is 2. The van der Waals surface area contributed by atoms with Gasteiger partial charge in [0.05, 0.1) is 9.79 Å². The molecule has 132 valence electrons. The van der Waals surface area contributed by atoms with Gasteiger partial charge in [0, 0.05) is 17.6 Å². The van der Waals surface area contributed by atoms with E-state index in [2.05, 4.69) is 10.6 Å². The first-order valence-electron chi connectivity index (χ1n) is 8.28. The van der Waals surface area contributed by atoms with E-state index < -0.39 is 21.5 Å². The van der Waals surface area contributed by atoms with E-state index in [-0.39, 0.29) is 15.7 Å². The highest BCUT2D eigenvalue weighted by Crippen LogP contribution is 2.41. The minimum atomic E-state index is -3.90. The molecule has 1 fully saturated rings. The van der Waals surface area contributed by atoms with Gasteiger partial charge in [-0.1, -0.05) is 0 Å². The van der Waals surface area contributed by atoms with Crippen LogP contribution in [0.15, 0.2) is 46.2 Å². The van der Waals surface area contributed by atoms with Crippen molar-refractivity contribution >= 4 is 15.5 Å². The van der Waals surface area contributed by atoms with E-state index in [0.29, 0.717) is 6.04 Å². The van der Waals surface area contributed by atoms with Crippen LogP contribution in [0.3, 0.4) is 0 Å². The molecule has 25 heavy (non-hydrogen) atoms. The fourth-order valence-electron chi connectivity index (χ4n) is 3.71. The molecule has 2 N–H and O–H groups in total. The molecule has 2 aromatic rings. The highest BCUT2D eigenvalue weighted by Gasteiger charge is 2.34. The number of nitrogens with one attached hydrogen (secondary N) is 2. The summed E-state index contributed by atoms with van der Waals surface area (Å²) in [5.41, 5.74) is 1.94. The van der Waals surface area contributed by atoms with Gasteiger partial charge in [-0.15, -0.1) is 0 Å². The average Bonchev–Trinajstić information content (AvgIpc) is 2.77. The van der Waals surface area contributed by atoms with Crippen LogP contribution in [0, 0.1) is 11.6 Å². The van der Waals surface area contributed by atoms with E-state index in [4.69, 9.17) is 0 Å². The third-order valence-electron chi connectivity index (χ3n) is 5.03. The first-order chi connectivity index (χ1) is 12.0. The molecule has 0 aliphatic carbocycles. The molecule has 0 aromatic heterocycles. The maximum absolute atomic E-state index is 13.5. The van der Waals surface area contributed by atoms with Crippen LogP contribution in [-0.2, 0) is 9.84 Å². The lowest BCUT2D eigenvalue weighted by atomic mass is 9.91. The predicted molar refractivity (Wildman–Crippen MR) is 90.5 cm³/mol. The molecular formula is C18H18F2N2O2S. The summed E-state index contributed by atoms with van der Waals surface area (Å²) in [6.07, 6.45) is 1.91. The molecule has 2 aliphatic rings. The van der Waals surface area contributed by atoms with Crippen molar-refractivity contribution in [1.29, 1.82) is 0 Å². The van der Waals surface area contributed by atoms with Crippen molar-refractivity contribution in [3.63, 3.8) is 0 Å². The second-order valence-corrected chi connectivity index (χ2v) is 8.46. The summed E-state index contributed by atoms with van der Waals surface area (Å²) in [4.78, 5) is -0.131. The molecule has 1 unspecified atom stereocenters. The third-order valence-corrected chi connectivity index (χ3v) is 6.77. The highest BCUT2D eigenvalue weighted by atomic mass is 32.2. The van der Waals surface area contributed by atoms with Crippen molar-refractivity contribution in [2.75, 3.05) is 18.4 Å². The van der Waals surface area contributed by atoms with Crippen LogP contribution < -0.4 is 10.6 Å². The summed E-state index contributed by atoms with van der Waals surface area (Å²) in [5.74, 6) is -1.98. The maximum Gasteiger partial charge on any atom is 0.206 e. The Morgan fingerprint density at radius 2 is 1.64 bits per heavy atom. The van der Waals surface area contributed by atoms with Gasteiger partial charge in [0.2, 0.25) is 9.84 Å². The summed E-state index contributed by atoms with van der Waals surface area (Å²) in [6, 6.07) is 7.92. The Kier molecular flexibility index (Phi) is 4.00. The lowest BCUT2D eigenvalue weighted by Gasteiger charge is -2.16. The van der Waals surface area contributed by atoms with Gasteiger partial charge < -0.3 is 10.6 Å². The van der Waals surface area contributed by atoms with Gasteiger partial charge in [-0.3, -0.25) is 0 Å². The summed E-state index contributed by atoms with van der Waals surface area (Å²) < 4.78 is 52.2. The highest BCUT2D eigenvalue weighted by molar-refractivity contribution is 7.91. The van der Waals surface area contributed by atoms with Crippen LogP contribution in [0.25, 0.3) is 0 Å². The summed E-state index contributed by atoms with van der Waals surface area (Å²) >= 11 is 0. The van der Waals surface area contributed by atoms with Gasteiger partial charge >= 0.3 is 0 Å². The SMILES string of the molecule is O=S(=O)(c1ccc(F)c(F)c1)c1ccc2c(c1)[C@@H]1CCNCCC1N2. The number of hydrogen-bond acceptors (Lipinski definition) is 4. The summed E-state index contributed by atoms with van der Waals surface area (Å²) in [5, 5.41) is 6.82. The number of hydrogen-bond donors (Lipinski definition) is 2. The first-order valence-corrected chi connectivity index (χ1v) is 9.76. The minimum absolute atomic E-state index is 0.108. The molecule has 7 heteroatoms. The van der Waals surface area contributed by atoms with Crippen LogP contribution in [0.2, 0.25) is 0 Å². The van der Waals surface area contributed by atoms with E-state index in [0.717, 1.165) is 55.4 Å². The van der Waals surface area contributed by atoms with E-state index in [1.165, 1.54) is 6.07 Å². The Bertz CT molecular complexity index is 931. The lowest BCUT2D eigenvalue weighted by Crippen LogP contribution is -2.21. The van der Waals surface area contributed by atoms with E-state index in [1.807, 2.05) is 0 Å². The van der Waals surface area contributed by atoms with Crippen LogP contribution in [-0.4, -0.2) is 27.5 Å². The molecule has 2 heterocycles. The molecule has 4 nitrogen and oxygen atoms in total. The molecule has 2 aromatic carbocycles. The Hall–Kier alpha value is -1.99. The molecule has 2 aliphatic heterocycles. The number of fused-ring (bicyclic) bond motifs is 3. The average molecular weight is 364 g/mol. The second kappa shape index (κ2) is 6.07. The quantitative estimate of drug-likeness (QED) is 0.804. The molecule has 0 amide bonds. The van der Waals surface area contributed by atoms with Gasteiger partial charge in [0.15, 0.2) is 11.6 Å². The van der Waals surface area contributed by atoms with Gasteiger partial charge in [-0.05, 0) is 67.9 Å². The predicted octanol–water partition coefficient (Wildman–Crippen LogP) is 3.06. The van der Waals surface area contributed by atoms with Gasteiger partial charge in [-0.2, -0.15) is 0 Å². The topological polar surface area (TPSA) is 58.2 Å². The molecule has 0 spiro atoms. The second-order valence-electron chi connectivity index (χ2n) is 6.51. The third kappa shape index (κ3) is 2.81. The first kappa shape index (κ1) is 16.5. The Balaban J connectivity index is 1.75. The Morgan fingerprint density at radius 3 is 2.44 bits per heavy atom. The Morgan fingerprint density at radius 1 is 0.920 bits per heavy atom. The maximum atomic E-state index is 13.5. The van der Waals surface area contributed by atoms with Crippen molar-refractivity contribution in [2.45, 2.75) is 34.6 Å². The number of sulfone groups is 1. The van der Waals surface area contributed by atoms with Gasteiger partial charge in [-0.25, -0.2) is 17.2 Å². The zero-order valence-corrected chi connectivity index (χ0v) is 14.2. The van der Waals surface area contributed by atoms with Crippen LogP contribution in [0.1, 0.15) is 24.3 Å². The zero-order chi connectivity index (χ0) is 17.6. The minimum Gasteiger partial charge on any atom is -0.381 e. The number of anilines is 1. The van der Waals surface area contributed by atoms with E-state index in [9.17, 15) is 17.2 Å². The van der Waals surface area contributed by atoms with Crippen molar-refractivity contribution < 1.29 is 17.2 Å². The molecule has 0 saturated carbocycles. The summed E-state index contributed by atoms with van der Waals surface area (Å²) in [7, 11) is -3.90. The molecule has 0 radical (unpaired) electrons. The van der Waals surface area contributed by atoms with Crippen LogP contribution in [0.4, 0.5) is 14.5 Å². The Labute approximate surface area is 145 Å². The van der Waals surface area contributed by atoms with Crippen molar-refractivity contribution in [1.82, 2.24) is 5.32 Å². The molecule has 2 atom stereocenters. The van der Waals surface area contributed by atoms with Crippen molar-refractivity contribution in [2.24, 2.45) is 0 Å². The van der Waals surface area contributed by atoms with Crippen LogP contribution >= 0.6 is 0 Å². The van der Waals surface area contributed by atoms with Crippen molar-refractivity contribution in [3.8, 4) is 0 Å². The van der Waals surface area contributed by atoms with Crippen molar-refractivity contribution in [3.05, 3.63) is 53.6 Å². The van der Waals surface area contributed by atoms with Gasteiger partial charge in [0.25, 0.3) is 0 Å². The molecule has 1 saturated heterocycles. The standard InChI is InChI=1S/C18H18F2N2O2S/c19-15-3-1-12(10-16(15)20)25(23,24)11-2-4-17-14(9-11)13-5-7-21-8-6-18(13)22-17/h1-4,9-10,13,18,21-22H,5-8H2/t13-,18?/m0/s1. The fraction of sp³-hybridized carbons (Fsp3) is 0.333. The molecule has 0 bridgehead atoms. The fourth-order valence-corrected chi connectivity index (χ4v) is 5.02. The van der Waals surface area contributed by atoms with E-state index >= 15 is 0 Å². The normalized spacial score (nSPS) is 22.6. The number of rotatable bonds is 2. The monoisotopic (exact) mass is 364 g/mol. The largest absolute Gasteiger partial charge is 0.381 e.